The van der Waals surface area contributed by atoms with Gasteiger partial charge in [-0.1, -0.05) is 38.5 Å². The SMILES string of the molecule is CCC(C)COc1ccccc1C(O)(CCCCOC)C1CCCNC1. The molecule has 0 bridgehead atoms. The van der Waals surface area contributed by atoms with Gasteiger partial charge in [0.05, 0.1) is 12.2 Å². The molecule has 1 aromatic carbocycles. The average molecular weight is 364 g/mol. The molecule has 1 aromatic rings. The first-order valence-electron chi connectivity index (χ1n) is 10.3. The predicted molar refractivity (Wildman–Crippen MR) is 107 cm³/mol. The number of hydrogen-bond donors (Lipinski definition) is 2. The summed E-state index contributed by atoms with van der Waals surface area (Å²) in [6.07, 6.45) is 5.91. The van der Waals surface area contributed by atoms with E-state index in [9.17, 15) is 5.11 Å². The lowest BCUT2D eigenvalue weighted by atomic mass is 9.74. The van der Waals surface area contributed by atoms with Crippen LogP contribution < -0.4 is 10.1 Å². The van der Waals surface area contributed by atoms with Crippen molar-refractivity contribution in [1.29, 1.82) is 0 Å². The number of nitrogens with one attached hydrogen (secondary N) is 1. The summed E-state index contributed by atoms with van der Waals surface area (Å²) in [5, 5.41) is 15.3. The van der Waals surface area contributed by atoms with Gasteiger partial charge in [-0.15, -0.1) is 0 Å². The van der Waals surface area contributed by atoms with Crippen molar-refractivity contribution in [3.05, 3.63) is 29.8 Å². The number of ether oxygens (including phenoxy) is 2. The third-order valence-electron chi connectivity index (χ3n) is 5.70. The molecule has 0 aliphatic carbocycles. The molecule has 1 fully saturated rings. The van der Waals surface area contributed by atoms with E-state index in [4.69, 9.17) is 9.47 Å². The predicted octanol–water partition coefficient (Wildman–Crippen LogP) is 4.12. The van der Waals surface area contributed by atoms with E-state index in [2.05, 4.69) is 25.2 Å². The van der Waals surface area contributed by atoms with Crippen LogP contribution in [0.1, 0.15) is 57.9 Å². The lowest BCUT2D eigenvalue weighted by Gasteiger charge is -2.40. The van der Waals surface area contributed by atoms with Crippen LogP contribution in [0.25, 0.3) is 0 Å². The number of hydrogen-bond acceptors (Lipinski definition) is 4. The Morgan fingerprint density at radius 2 is 2.12 bits per heavy atom. The van der Waals surface area contributed by atoms with E-state index >= 15 is 0 Å². The standard InChI is InChI=1S/C22H37NO3/c1-4-18(2)17-26-21-12-6-5-11-20(21)22(24,13-7-8-15-25-3)19-10-9-14-23-16-19/h5-6,11-12,18-19,23-24H,4,7-10,13-17H2,1-3H3. The Morgan fingerprint density at radius 1 is 1.31 bits per heavy atom. The molecule has 3 atom stereocenters. The molecule has 0 aromatic heterocycles. The van der Waals surface area contributed by atoms with Crippen molar-refractivity contribution >= 4 is 0 Å². The van der Waals surface area contributed by atoms with Crippen LogP contribution in [0.4, 0.5) is 0 Å². The van der Waals surface area contributed by atoms with E-state index in [1.165, 1.54) is 0 Å². The van der Waals surface area contributed by atoms with Crippen LogP contribution in [0, 0.1) is 11.8 Å². The molecule has 0 amide bonds. The maximum Gasteiger partial charge on any atom is 0.125 e. The monoisotopic (exact) mass is 363 g/mol. The zero-order valence-electron chi connectivity index (χ0n) is 16.8. The van der Waals surface area contributed by atoms with Crippen molar-refractivity contribution in [1.82, 2.24) is 5.32 Å². The first-order valence-corrected chi connectivity index (χ1v) is 10.3. The molecule has 1 aliphatic heterocycles. The Balaban J connectivity index is 2.22. The number of benzene rings is 1. The summed E-state index contributed by atoms with van der Waals surface area (Å²) in [6.45, 7) is 7.72. The van der Waals surface area contributed by atoms with E-state index in [-0.39, 0.29) is 5.92 Å². The molecule has 1 aliphatic rings. The fourth-order valence-corrected chi connectivity index (χ4v) is 3.76. The zero-order chi connectivity index (χ0) is 18.8. The molecule has 26 heavy (non-hydrogen) atoms. The lowest BCUT2D eigenvalue weighted by Crippen LogP contribution is -2.44. The molecule has 1 saturated heterocycles. The van der Waals surface area contributed by atoms with Gasteiger partial charge in [0.1, 0.15) is 5.75 Å². The van der Waals surface area contributed by atoms with Crippen LogP contribution in [0.3, 0.4) is 0 Å². The van der Waals surface area contributed by atoms with E-state index < -0.39 is 5.60 Å². The minimum atomic E-state index is -0.854. The fraction of sp³-hybridized carbons (Fsp3) is 0.727. The Labute approximate surface area is 159 Å². The highest BCUT2D eigenvalue weighted by atomic mass is 16.5. The zero-order valence-corrected chi connectivity index (χ0v) is 16.8. The van der Waals surface area contributed by atoms with E-state index in [0.717, 1.165) is 69.5 Å². The van der Waals surface area contributed by atoms with Gasteiger partial charge < -0.3 is 19.9 Å². The summed E-state index contributed by atoms with van der Waals surface area (Å²) in [6, 6.07) is 8.08. The van der Waals surface area contributed by atoms with Gasteiger partial charge in [0.2, 0.25) is 0 Å². The van der Waals surface area contributed by atoms with Crippen LogP contribution in [-0.4, -0.2) is 38.5 Å². The van der Waals surface area contributed by atoms with Crippen LogP contribution in [0.2, 0.25) is 0 Å². The Kier molecular flexibility index (Phi) is 8.89. The minimum absolute atomic E-state index is 0.215. The van der Waals surface area contributed by atoms with Crippen molar-refractivity contribution in [2.75, 3.05) is 33.4 Å². The second-order valence-electron chi connectivity index (χ2n) is 7.74. The molecule has 2 N–H and O–H groups in total. The smallest absolute Gasteiger partial charge is 0.125 e. The first kappa shape index (κ1) is 21.2. The summed E-state index contributed by atoms with van der Waals surface area (Å²) < 4.78 is 11.3. The molecule has 0 saturated carbocycles. The highest BCUT2D eigenvalue weighted by Gasteiger charge is 2.40. The lowest BCUT2D eigenvalue weighted by molar-refractivity contribution is -0.0454. The largest absolute Gasteiger partial charge is 0.493 e. The first-order chi connectivity index (χ1) is 12.6. The van der Waals surface area contributed by atoms with Crippen molar-refractivity contribution in [3.8, 4) is 5.75 Å². The molecule has 148 valence electrons. The number of aliphatic hydroxyl groups is 1. The summed E-state index contributed by atoms with van der Waals surface area (Å²) in [4.78, 5) is 0. The third-order valence-corrected chi connectivity index (χ3v) is 5.70. The molecular weight excluding hydrogens is 326 g/mol. The number of para-hydroxylation sites is 1. The number of methoxy groups -OCH3 is 1. The quantitative estimate of drug-likeness (QED) is 0.581. The van der Waals surface area contributed by atoms with E-state index in [0.29, 0.717) is 12.5 Å². The third kappa shape index (κ3) is 5.70. The van der Waals surface area contributed by atoms with Gasteiger partial charge in [0, 0.05) is 31.7 Å². The molecule has 2 rings (SSSR count). The Bertz CT molecular complexity index is 516. The van der Waals surface area contributed by atoms with Crippen LogP contribution in [0.5, 0.6) is 5.75 Å². The summed E-state index contributed by atoms with van der Waals surface area (Å²) in [5.74, 6) is 1.56. The van der Waals surface area contributed by atoms with Gasteiger partial charge in [0.15, 0.2) is 0 Å². The second-order valence-corrected chi connectivity index (χ2v) is 7.74. The maximum absolute atomic E-state index is 11.8. The van der Waals surface area contributed by atoms with Gasteiger partial charge in [-0.3, -0.25) is 0 Å². The van der Waals surface area contributed by atoms with Crippen molar-refractivity contribution in [2.24, 2.45) is 11.8 Å². The van der Waals surface area contributed by atoms with Gasteiger partial charge in [0.25, 0.3) is 0 Å². The average Bonchev–Trinajstić information content (AvgIpc) is 2.70. The van der Waals surface area contributed by atoms with Crippen LogP contribution in [-0.2, 0) is 10.3 Å². The van der Waals surface area contributed by atoms with E-state index in [1.807, 2.05) is 18.2 Å². The maximum atomic E-state index is 11.8. The topological polar surface area (TPSA) is 50.7 Å². The van der Waals surface area contributed by atoms with Crippen LogP contribution >= 0.6 is 0 Å². The number of unbranched alkanes of at least 4 members (excludes halogenated alkanes) is 1. The van der Waals surface area contributed by atoms with Gasteiger partial charge in [-0.25, -0.2) is 0 Å². The Morgan fingerprint density at radius 3 is 2.81 bits per heavy atom. The minimum Gasteiger partial charge on any atom is -0.493 e. The molecule has 4 heteroatoms. The highest BCUT2D eigenvalue weighted by molar-refractivity contribution is 5.39. The number of piperidine rings is 1. The highest BCUT2D eigenvalue weighted by Crippen LogP contribution is 2.42. The summed E-state index contributed by atoms with van der Waals surface area (Å²) in [5.41, 5.74) is 0.0992. The van der Waals surface area contributed by atoms with Gasteiger partial charge in [-0.05, 0) is 50.6 Å². The molecule has 4 nitrogen and oxygen atoms in total. The Hall–Kier alpha value is -1.10. The summed E-state index contributed by atoms with van der Waals surface area (Å²) in [7, 11) is 1.73. The normalized spacial score (nSPS) is 21.2. The second kappa shape index (κ2) is 10.9. The molecule has 1 heterocycles. The van der Waals surface area contributed by atoms with Crippen LogP contribution in [0.15, 0.2) is 24.3 Å². The van der Waals surface area contributed by atoms with Crippen molar-refractivity contribution < 1.29 is 14.6 Å². The molecule has 3 unspecified atom stereocenters. The molecule has 0 radical (unpaired) electrons. The van der Waals surface area contributed by atoms with Gasteiger partial charge >= 0.3 is 0 Å². The van der Waals surface area contributed by atoms with Gasteiger partial charge in [-0.2, -0.15) is 0 Å². The fourth-order valence-electron chi connectivity index (χ4n) is 3.76. The summed E-state index contributed by atoms with van der Waals surface area (Å²) >= 11 is 0. The molecular formula is C22H37NO3. The molecule has 0 spiro atoms. The van der Waals surface area contributed by atoms with E-state index in [1.54, 1.807) is 7.11 Å². The van der Waals surface area contributed by atoms with Crippen molar-refractivity contribution in [3.63, 3.8) is 0 Å². The number of rotatable bonds is 11. The van der Waals surface area contributed by atoms with Crippen molar-refractivity contribution in [2.45, 2.75) is 58.0 Å².